The standard InChI is InChI=1S/C12H12O5/c1-16-10-7-8(4-6-11(13)17-2)3-5-9(10)12(14)15/h3-7H,1-2H3,(H,14,15)/b6-4+. The van der Waals surface area contributed by atoms with Crippen LogP contribution in [0.15, 0.2) is 24.3 Å². The van der Waals surface area contributed by atoms with Crippen LogP contribution in [0.2, 0.25) is 0 Å². The van der Waals surface area contributed by atoms with E-state index in [0.29, 0.717) is 5.56 Å². The Bertz CT molecular complexity index is 462. The molecule has 0 heterocycles. The topological polar surface area (TPSA) is 72.8 Å². The Labute approximate surface area is 98.3 Å². The van der Waals surface area contributed by atoms with Gasteiger partial charge in [0.2, 0.25) is 0 Å². The van der Waals surface area contributed by atoms with Crippen LogP contribution in [0.1, 0.15) is 15.9 Å². The van der Waals surface area contributed by atoms with Gasteiger partial charge in [-0.3, -0.25) is 0 Å². The molecule has 0 radical (unpaired) electrons. The Morgan fingerprint density at radius 1 is 1.29 bits per heavy atom. The molecular weight excluding hydrogens is 224 g/mol. The number of aromatic carboxylic acids is 1. The summed E-state index contributed by atoms with van der Waals surface area (Å²) in [5.41, 5.74) is 0.722. The Morgan fingerprint density at radius 3 is 2.53 bits per heavy atom. The van der Waals surface area contributed by atoms with Crippen molar-refractivity contribution in [1.29, 1.82) is 0 Å². The van der Waals surface area contributed by atoms with E-state index < -0.39 is 11.9 Å². The highest BCUT2D eigenvalue weighted by molar-refractivity contribution is 5.92. The van der Waals surface area contributed by atoms with Crippen molar-refractivity contribution in [2.24, 2.45) is 0 Å². The molecule has 0 atom stereocenters. The molecule has 5 heteroatoms. The summed E-state index contributed by atoms with van der Waals surface area (Å²) in [5.74, 6) is -1.30. The zero-order valence-electron chi connectivity index (χ0n) is 9.47. The minimum atomic E-state index is -1.06. The zero-order valence-corrected chi connectivity index (χ0v) is 9.47. The summed E-state index contributed by atoms with van der Waals surface area (Å²) >= 11 is 0. The molecule has 5 nitrogen and oxygen atoms in total. The van der Waals surface area contributed by atoms with E-state index >= 15 is 0 Å². The summed E-state index contributed by atoms with van der Waals surface area (Å²) in [6, 6.07) is 4.52. The van der Waals surface area contributed by atoms with E-state index in [1.165, 1.54) is 38.5 Å². The first kappa shape index (κ1) is 12.8. The van der Waals surface area contributed by atoms with Gasteiger partial charge in [0, 0.05) is 6.08 Å². The van der Waals surface area contributed by atoms with Crippen LogP contribution in [0.25, 0.3) is 6.08 Å². The van der Waals surface area contributed by atoms with Crippen molar-refractivity contribution in [2.45, 2.75) is 0 Å². The third kappa shape index (κ3) is 3.34. The van der Waals surface area contributed by atoms with Crippen molar-refractivity contribution in [3.63, 3.8) is 0 Å². The highest BCUT2D eigenvalue weighted by Crippen LogP contribution is 2.20. The second kappa shape index (κ2) is 5.69. The summed E-state index contributed by atoms with van der Waals surface area (Å²) in [4.78, 5) is 21.7. The van der Waals surface area contributed by atoms with Crippen LogP contribution in [-0.2, 0) is 9.53 Å². The maximum atomic E-state index is 10.9. The van der Waals surface area contributed by atoms with Gasteiger partial charge < -0.3 is 14.6 Å². The molecule has 0 fully saturated rings. The number of carbonyl (C=O) groups excluding carboxylic acids is 1. The van der Waals surface area contributed by atoms with Crippen LogP contribution >= 0.6 is 0 Å². The number of esters is 1. The Kier molecular flexibility index (Phi) is 4.28. The van der Waals surface area contributed by atoms with Gasteiger partial charge in [-0.15, -0.1) is 0 Å². The number of ether oxygens (including phenoxy) is 2. The summed E-state index contributed by atoms with van der Waals surface area (Å²) < 4.78 is 9.39. The second-order valence-corrected chi connectivity index (χ2v) is 3.12. The van der Waals surface area contributed by atoms with Gasteiger partial charge in [0.25, 0.3) is 0 Å². The number of rotatable bonds is 4. The minimum absolute atomic E-state index is 0.0720. The molecule has 1 aromatic rings. The fraction of sp³-hybridized carbons (Fsp3) is 0.167. The highest BCUT2D eigenvalue weighted by Gasteiger charge is 2.10. The van der Waals surface area contributed by atoms with Crippen LogP contribution in [-0.4, -0.2) is 31.3 Å². The van der Waals surface area contributed by atoms with Gasteiger partial charge in [-0.25, -0.2) is 9.59 Å². The summed E-state index contributed by atoms with van der Waals surface area (Å²) in [6.07, 6.45) is 2.76. The number of carbonyl (C=O) groups is 2. The largest absolute Gasteiger partial charge is 0.496 e. The van der Waals surface area contributed by atoms with Gasteiger partial charge >= 0.3 is 11.9 Å². The first-order chi connectivity index (χ1) is 8.08. The van der Waals surface area contributed by atoms with Crippen molar-refractivity contribution in [3.8, 4) is 5.75 Å². The third-order valence-electron chi connectivity index (χ3n) is 2.07. The van der Waals surface area contributed by atoms with Crippen LogP contribution < -0.4 is 4.74 Å². The molecule has 1 N–H and O–H groups in total. The summed E-state index contributed by atoms with van der Waals surface area (Å²) in [7, 11) is 2.66. The molecule has 1 aromatic carbocycles. The lowest BCUT2D eigenvalue weighted by Crippen LogP contribution is -2.00. The molecule has 90 valence electrons. The molecule has 0 bridgehead atoms. The van der Waals surface area contributed by atoms with E-state index in [1.54, 1.807) is 6.07 Å². The zero-order chi connectivity index (χ0) is 12.8. The van der Waals surface area contributed by atoms with Gasteiger partial charge in [0.05, 0.1) is 14.2 Å². The fourth-order valence-corrected chi connectivity index (χ4v) is 1.22. The average Bonchev–Trinajstić information content (AvgIpc) is 2.35. The maximum absolute atomic E-state index is 10.9. The normalized spacial score (nSPS) is 10.2. The number of carboxylic acid groups (broad SMARTS) is 1. The number of methoxy groups -OCH3 is 2. The van der Waals surface area contributed by atoms with Gasteiger partial charge in [-0.05, 0) is 23.8 Å². The molecule has 0 saturated heterocycles. The predicted octanol–water partition coefficient (Wildman–Crippen LogP) is 1.58. The SMILES string of the molecule is COC(=O)/C=C/c1ccc(C(=O)O)c(OC)c1. The van der Waals surface area contributed by atoms with Crippen LogP contribution in [0.4, 0.5) is 0 Å². The first-order valence-corrected chi connectivity index (χ1v) is 4.76. The number of hydrogen-bond donors (Lipinski definition) is 1. The molecule has 0 aliphatic heterocycles. The summed E-state index contributed by atoms with van der Waals surface area (Å²) in [6.45, 7) is 0. The monoisotopic (exact) mass is 236 g/mol. The molecule has 0 aliphatic carbocycles. The fourth-order valence-electron chi connectivity index (χ4n) is 1.22. The van der Waals surface area contributed by atoms with Crippen molar-refractivity contribution in [3.05, 3.63) is 35.4 Å². The van der Waals surface area contributed by atoms with Crippen molar-refractivity contribution in [2.75, 3.05) is 14.2 Å². The molecule has 0 amide bonds. The first-order valence-electron chi connectivity index (χ1n) is 4.76. The van der Waals surface area contributed by atoms with Gasteiger partial charge in [-0.2, -0.15) is 0 Å². The lowest BCUT2D eigenvalue weighted by Gasteiger charge is -2.05. The molecule has 0 spiro atoms. The number of benzene rings is 1. The molecule has 0 aromatic heterocycles. The van der Waals surface area contributed by atoms with E-state index in [2.05, 4.69) is 4.74 Å². The quantitative estimate of drug-likeness (QED) is 0.634. The number of carboxylic acids is 1. The van der Waals surface area contributed by atoms with E-state index in [-0.39, 0.29) is 11.3 Å². The highest BCUT2D eigenvalue weighted by atomic mass is 16.5. The van der Waals surface area contributed by atoms with Crippen LogP contribution in [0.5, 0.6) is 5.75 Å². The van der Waals surface area contributed by atoms with Crippen molar-refractivity contribution < 1.29 is 24.2 Å². The van der Waals surface area contributed by atoms with Gasteiger partial charge in [0.1, 0.15) is 11.3 Å². The van der Waals surface area contributed by atoms with E-state index in [9.17, 15) is 9.59 Å². The van der Waals surface area contributed by atoms with Crippen LogP contribution in [0.3, 0.4) is 0 Å². The molecule has 0 unspecified atom stereocenters. The molecule has 0 aliphatic rings. The Hall–Kier alpha value is -2.30. The van der Waals surface area contributed by atoms with E-state index in [4.69, 9.17) is 9.84 Å². The smallest absolute Gasteiger partial charge is 0.339 e. The second-order valence-electron chi connectivity index (χ2n) is 3.12. The molecular formula is C12H12O5. The Balaban J connectivity index is 3.01. The Morgan fingerprint density at radius 2 is 2.00 bits per heavy atom. The minimum Gasteiger partial charge on any atom is -0.496 e. The lowest BCUT2D eigenvalue weighted by molar-refractivity contribution is -0.134. The maximum Gasteiger partial charge on any atom is 0.339 e. The summed E-state index contributed by atoms with van der Waals surface area (Å²) in [5, 5.41) is 8.87. The third-order valence-corrected chi connectivity index (χ3v) is 2.07. The van der Waals surface area contributed by atoms with Crippen LogP contribution in [0, 0.1) is 0 Å². The number of hydrogen-bond acceptors (Lipinski definition) is 4. The van der Waals surface area contributed by atoms with Crippen molar-refractivity contribution in [1.82, 2.24) is 0 Å². The van der Waals surface area contributed by atoms with Crippen molar-refractivity contribution >= 4 is 18.0 Å². The molecule has 17 heavy (non-hydrogen) atoms. The van der Waals surface area contributed by atoms with E-state index in [1.807, 2.05) is 0 Å². The molecule has 0 saturated carbocycles. The lowest BCUT2D eigenvalue weighted by atomic mass is 10.1. The predicted molar refractivity (Wildman–Crippen MR) is 61.0 cm³/mol. The average molecular weight is 236 g/mol. The molecule has 1 rings (SSSR count). The van der Waals surface area contributed by atoms with Gasteiger partial charge in [0.15, 0.2) is 0 Å². The van der Waals surface area contributed by atoms with E-state index in [0.717, 1.165) is 0 Å². The van der Waals surface area contributed by atoms with Gasteiger partial charge in [-0.1, -0.05) is 6.07 Å².